The summed E-state index contributed by atoms with van der Waals surface area (Å²) in [6.07, 6.45) is 1.97. The van der Waals surface area contributed by atoms with Crippen molar-refractivity contribution in [2.45, 2.75) is 74.7 Å². The summed E-state index contributed by atoms with van der Waals surface area (Å²) in [5, 5.41) is 0. The molecule has 5 heteroatoms. The molecule has 1 aromatic rings. The van der Waals surface area contributed by atoms with E-state index in [9.17, 15) is 0 Å². The molecule has 0 spiro atoms. The molecule has 1 aromatic heterocycles. The zero-order valence-corrected chi connectivity index (χ0v) is 17.8. The van der Waals surface area contributed by atoms with Gasteiger partial charge in [0.05, 0.1) is 0 Å². The first kappa shape index (κ1) is 19.1. The summed E-state index contributed by atoms with van der Waals surface area (Å²) in [7, 11) is 0. The van der Waals surface area contributed by atoms with Gasteiger partial charge in [-0.05, 0) is 48.4 Å². The van der Waals surface area contributed by atoms with Crippen LogP contribution in [0.15, 0.2) is 16.8 Å². The molecule has 0 saturated heterocycles. The summed E-state index contributed by atoms with van der Waals surface area (Å²) in [4.78, 5) is 0. The van der Waals surface area contributed by atoms with Gasteiger partial charge >= 0.3 is 6.97 Å². The Balaban J connectivity index is 2.41. The standard InChI is InChI=1S/C21H31BF2N2/c1-12-16-11-17-13(2)19(21(8,9)10)15(4)26(17)22(23,24)25(16)14(3)18(12)20(5,6)7/h11H,1-10H3. The highest BCUT2D eigenvalue weighted by Crippen LogP contribution is 2.45. The van der Waals surface area contributed by atoms with E-state index in [1.165, 1.54) is 8.96 Å². The second kappa shape index (κ2) is 5.20. The number of rotatable bonds is 0. The van der Waals surface area contributed by atoms with Gasteiger partial charge in [-0.1, -0.05) is 41.5 Å². The summed E-state index contributed by atoms with van der Waals surface area (Å²) in [6, 6.07) is 0. The van der Waals surface area contributed by atoms with Crippen LogP contribution >= 0.6 is 0 Å². The fourth-order valence-corrected chi connectivity index (χ4v) is 5.37. The topological polar surface area (TPSA) is 7.94 Å². The maximum absolute atomic E-state index is 15.8. The van der Waals surface area contributed by atoms with Crippen LogP contribution in [-0.2, 0) is 5.41 Å². The average Bonchev–Trinajstić information content (AvgIpc) is 2.82. The van der Waals surface area contributed by atoms with Gasteiger partial charge in [0.25, 0.3) is 0 Å². The molecule has 0 radical (unpaired) electrons. The Morgan fingerprint density at radius 3 is 1.92 bits per heavy atom. The molecule has 3 heterocycles. The lowest BCUT2D eigenvalue weighted by atomic mass is 9.81. The van der Waals surface area contributed by atoms with Gasteiger partial charge in [0.2, 0.25) is 0 Å². The highest BCUT2D eigenvalue weighted by molar-refractivity contribution is 6.58. The van der Waals surface area contributed by atoms with E-state index in [1.54, 1.807) is 0 Å². The molecule has 0 saturated carbocycles. The predicted molar refractivity (Wildman–Crippen MR) is 107 cm³/mol. The van der Waals surface area contributed by atoms with E-state index in [4.69, 9.17) is 0 Å². The first-order valence-electron chi connectivity index (χ1n) is 9.42. The molecule has 0 fully saturated rings. The largest absolute Gasteiger partial charge is 0.737 e. The fourth-order valence-electron chi connectivity index (χ4n) is 5.37. The van der Waals surface area contributed by atoms with Crippen LogP contribution in [0.25, 0.3) is 6.08 Å². The van der Waals surface area contributed by atoms with E-state index in [1.807, 2.05) is 33.8 Å². The molecule has 26 heavy (non-hydrogen) atoms. The summed E-state index contributed by atoms with van der Waals surface area (Å²) in [5.41, 5.74) is 6.33. The maximum Gasteiger partial charge on any atom is 0.737 e. The number of allylic oxidation sites excluding steroid dienone is 2. The Morgan fingerprint density at radius 1 is 0.923 bits per heavy atom. The molecule has 3 rings (SSSR count). The fraction of sp³-hybridized carbons (Fsp3) is 0.571. The molecule has 2 aliphatic heterocycles. The number of fused-ring (bicyclic) bond motifs is 2. The van der Waals surface area contributed by atoms with Crippen molar-refractivity contribution in [1.29, 1.82) is 0 Å². The molecular weight excluding hydrogens is 329 g/mol. The normalized spacial score (nSPS) is 19.8. The van der Waals surface area contributed by atoms with Gasteiger partial charge in [-0.25, -0.2) is 0 Å². The van der Waals surface area contributed by atoms with E-state index in [0.717, 1.165) is 22.3 Å². The number of hydrogen-bond acceptors (Lipinski definition) is 0. The lowest BCUT2D eigenvalue weighted by molar-refractivity contribution is -0.363. The van der Waals surface area contributed by atoms with Crippen LogP contribution in [0.1, 0.15) is 77.9 Å². The molecule has 0 aliphatic carbocycles. The lowest BCUT2D eigenvalue weighted by Gasteiger charge is -2.31. The van der Waals surface area contributed by atoms with E-state index in [2.05, 4.69) is 41.5 Å². The zero-order valence-electron chi connectivity index (χ0n) is 17.8. The third kappa shape index (κ3) is 2.32. The van der Waals surface area contributed by atoms with Crippen LogP contribution in [0.4, 0.5) is 8.63 Å². The molecule has 0 unspecified atom stereocenters. The summed E-state index contributed by atoms with van der Waals surface area (Å²) in [6.45, 7) is 16.3. The van der Waals surface area contributed by atoms with Crippen LogP contribution in [0.5, 0.6) is 0 Å². The number of hydrogen-bond donors (Lipinski definition) is 0. The summed E-state index contributed by atoms with van der Waals surface area (Å²) in [5.74, 6) is 0. The van der Waals surface area contributed by atoms with Crippen molar-refractivity contribution in [3.05, 3.63) is 39.4 Å². The summed E-state index contributed by atoms with van der Waals surface area (Å²) < 4.78 is 34.3. The molecular formula is C21H31BF2N2. The van der Waals surface area contributed by atoms with Crippen molar-refractivity contribution in [2.75, 3.05) is 0 Å². The van der Waals surface area contributed by atoms with Crippen molar-refractivity contribution >= 4 is 18.8 Å². The number of aromatic nitrogens is 1. The Bertz CT molecular complexity index is 913. The van der Waals surface area contributed by atoms with Crippen molar-refractivity contribution in [3.63, 3.8) is 0 Å². The minimum Gasteiger partial charge on any atom is -0.394 e. The molecule has 2 aliphatic rings. The second-order valence-electron chi connectivity index (χ2n) is 9.91. The third-order valence-electron chi connectivity index (χ3n) is 5.88. The van der Waals surface area contributed by atoms with Gasteiger partial charge in [-0.3, -0.25) is 0 Å². The highest BCUT2D eigenvalue weighted by Gasteiger charge is 2.55. The van der Waals surface area contributed by atoms with Gasteiger partial charge in [0, 0.05) is 29.8 Å². The Labute approximate surface area is 156 Å². The Kier molecular flexibility index (Phi) is 3.83. The molecule has 0 bridgehead atoms. The van der Waals surface area contributed by atoms with E-state index < -0.39 is 6.97 Å². The van der Waals surface area contributed by atoms with Crippen LogP contribution in [0.3, 0.4) is 0 Å². The van der Waals surface area contributed by atoms with Crippen LogP contribution < -0.4 is 0 Å². The predicted octanol–water partition coefficient (Wildman–Crippen LogP) is 5.83. The third-order valence-corrected chi connectivity index (χ3v) is 5.88. The monoisotopic (exact) mass is 360 g/mol. The SMILES string of the molecule is CC1=C(C(C)(C)C)C(C)=[N+]2C1=Cc1c(C)c(C(C)(C)C)c(C)n1[B-]2(F)F. The van der Waals surface area contributed by atoms with Crippen molar-refractivity contribution in [3.8, 4) is 0 Å². The van der Waals surface area contributed by atoms with Gasteiger partial charge in [0.15, 0.2) is 5.70 Å². The van der Waals surface area contributed by atoms with Crippen LogP contribution in [0.2, 0.25) is 0 Å². The number of halogens is 2. The summed E-state index contributed by atoms with van der Waals surface area (Å²) >= 11 is 0. The highest BCUT2D eigenvalue weighted by atomic mass is 19.2. The van der Waals surface area contributed by atoms with Gasteiger partial charge in [-0.15, -0.1) is 0 Å². The molecule has 0 N–H and O–H groups in total. The quantitative estimate of drug-likeness (QED) is 0.515. The maximum atomic E-state index is 15.8. The van der Waals surface area contributed by atoms with Gasteiger partial charge < -0.3 is 17.6 Å². The Morgan fingerprint density at radius 2 is 1.46 bits per heavy atom. The lowest BCUT2D eigenvalue weighted by Crippen LogP contribution is -2.51. The molecule has 0 amide bonds. The first-order chi connectivity index (χ1) is 11.6. The minimum atomic E-state index is -3.92. The van der Waals surface area contributed by atoms with Crippen LogP contribution in [-0.4, -0.2) is 21.6 Å². The molecule has 0 atom stereocenters. The van der Waals surface area contributed by atoms with E-state index in [0.29, 0.717) is 22.8 Å². The molecule has 2 nitrogen and oxygen atoms in total. The minimum absolute atomic E-state index is 0.173. The van der Waals surface area contributed by atoms with Gasteiger partial charge in [-0.2, -0.15) is 0 Å². The van der Waals surface area contributed by atoms with Crippen molar-refractivity contribution in [2.24, 2.45) is 5.41 Å². The molecule has 0 aromatic carbocycles. The van der Waals surface area contributed by atoms with Crippen molar-refractivity contribution in [1.82, 2.24) is 4.48 Å². The van der Waals surface area contributed by atoms with Crippen molar-refractivity contribution < 1.29 is 13.1 Å². The molecule has 142 valence electrons. The smallest absolute Gasteiger partial charge is 0.394 e. The van der Waals surface area contributed by atoms with Gasteiger partial charge in [0.1, 0.15) is 5.71 Å². The first-order valence-corrected chi connectivity index (χ1v) is 9.42. The average molecular weight is 360 g/mol. The van der Waals surface area contributed by atoms with E-state index >= 15 is 8.63 Å². The Hall–Kier alpha value is -1.65. The zero-order chi connectivity index (χ0) is 20.0. The van der Waals surface area contributed by atoms with E-state index in [-0.39, 0.29) is 10.8 Å². The second-order valence-corrected chi connectivity index (χ2v) is 9.91. The number of nitrogens with zero attached hydrogens (tertiary/aromatic N) is 2. The van der Waals surface area contributed by atoms with Crippen LogP contribution in [0, 0.1) is 19.3 Å².